The number of alkyl halides is 3. The molecule has 0 aliphatic rings. The van der Waals surface area contributed by atoms with Gasteiger partial charge in [-0.15, -0.1) is 0 Å². The SMILES string of the molecule is COP(=O)(OC)C(OC(=O)CCC(=O)OC(C)C)C(Cl)(Cl)Cl. The first-order chi connectivity index (χ1) is 9.96. The maximum absolute atomic E-state index is 12.3. The maximum atomic E-state index is 12.3. The van der Waals surface area contributed by atoms with Crippen molar-refractivity contribution in [2.45, 2.75) is 42.4 Å². The Labute approximate surface area is 144 Å². The minimum Gasteiger partial charge on any atom is -0.463 e. The van der Waals surface area contributed by atoms with Crippen LogP contribution in [0.2, 0.25) is 0 Å². The zero-order valence-electron chi connectivity index (χ0n) is 12.5. The first-order valence-electron chi connectivity index (χ1n) is 6.13. The van der Waals surface area contributed by atoms with Gasteiger partial charge in [0.25, 0.3) is 0 Å². The Morgan fingerprint density at radius 3 is 1.73 bits per heavy atom. The third kappa shape index (κ3) is 7.49. The van der Waals surface area contributed by atoms with Crippen LogP contribution in [0.1, 0.15) is 26.7 Å². The largest absolute Gasteiger partial charge is 0.463 e. The van der Waals surface area contributed by atoms with E-state index in [4.69, 9.17) is 44.3 Å². The number of halogens is 3. The van der Waals surface area contributed by atoms with Gasteiger partial charge in [0, 0.05) is 14.2 Å². The summed E-state index contributed by atoms with van der Waals surface area (Å²) in [5.41, 5.74) is 0. The third-order valence-corrected chi connectivity index (χ3v) is 5.36. The van der Waals surface area contributed by atoms with Crippen LogP contribution in [-0.2, 0) is 32.7 Å². The molecule has 0 aromatic rings. The molecule has 1 unspecified atom stereocenters. The van der Waals surface area contributed by atoms with Crippen molar-refractivity contribution in [3.05, 3.63) is 0 Å². The van der Waals surface area contributed by atoms with Gasteiger partial charge in [0.15, 0.2) is 0 Å². The lowest BCUT2D eigenvalue weighted by atomic mass is 10.3. The Balaban J connectivity index is 4.80. The summed E-state index contributed by atoms with van der Waals surface area (Å²) >= 11 is 16.9. The highest BCUT2D eigenvalue weighted by Gasteiger charge is 2.51. The molecule has 0 aliphatic carbocycles. The Bertz CT molecular complexity index is 428. The summed E-state index contributed by atoms with van der Waals surface area (Å²) < 4.78 is 29.1. The summed E-state index contributed by atoms with van der Waals surface area (Å²) in [5.74, 6) is -3.26. The van der Waals surface area contributed by atoms with Crippen molar-refractivity contribution in [3.63, 3.8) is 0 Å². The molecule has 0 aromatic heterocycles. The van der Waals surface area contributed by atoms with Gasteiger partial charge in [0.1, 0.15) is 0 Å². The lowest BCUT2D eigenvalue weighted by Crippen LogP contribution is -2.32. The first-order valence-corrected chi connectivity index (χ1v) is 8.87. The highest BCUT2D eigenvalue weighted by molar-refractivity contribution is 7.55. The molecule has 0 aliphatic heterocycles. The van der Waals surface area contributed by atoms with Gasteiger partial charge in [-0.05, 0) is 13.8 Å². The second-order valence-electron chi connectivity index (χ2n) is 4.33. The highest BCUT2D eigenvalue weighted by Crippen LogP contribution is 2.59. The number of carbonyl (C=O) groups excluding carboxylic acids is 2. The topological polar surface area (TPSA) is 88.1 Å². The molecule has 0 N–H and O–H groups in total. The summed E-state index contributed by atoms with van der Waals surface area (Å²) in [6, 6.07) is 0. The molecule has 0 saturated heterocycles. The Morgan fingerprint density at radius 2 is 1.41 bits per heavy atom. The van der Waals surface area contributed by atoms with E-state index >= 15 is 0 Å². The number of carbonyl (C=O) groups is 2. The summed E-state index contributed by atoms with van der Waals surface area (Å²) in [7, 11) is -1.88. The summed E-state index contributed by atoms with van der Waals surface area (Å²) in [6.07, 6.45) is -0.871. The van der Waals surface area contributed by atoms with E-state index in [-0.39, 0.29) is 18.9 Å². The van der Waals surface area contributed by atoms with Gasteiger partial charge in [-0.3, -0.25) is 14.2 Å². The van der Waals surface area contributed by atoms with Crippen LogP contribution in [0.4, 0.5) is 0 Å². The summed E-state index contributed by atoms with van der Waals surface area (Å²) in [4.78, 5) is 23.1. The first kappa shape index (κ1) is 22.0. The summed E-state index contributed by atoms with van der Waals surface area (Å²) in [5, 5.41) is 0. The van der Waals surface area contributed by atoms with Gasteiger partial charge in [-0.25, -0.2) is 0 Å². The molecule has 0 fully saturated rings. The molecule has 0 rings (SSSR count). The number of esters is 2. The molecule has 0 saturated carbocycles. The normalized spacial score (nSPS) is 13.8. The monoisotopic (exact) mass is 398 g/mol. The van der Waals surface area contributed by atoms with Crippen molar-refractivity contribution >= 4 is 54.3 Å². The van der Waals surface area contributed by atoms with E-state index in [1.54, 1.807) is 13.8 Å². The highest BCUT2D eigenvalue weighted by atomic mass is 35.6. The smallest absolute Gasteiger partial charge is 0.374 e. The van der Waals surface area contributed by atoms with Crippen molar-refractivity contribution < 1.29 is 32.7 Å². The minimum absolute atomic E-state index is 0.228. The van der Waals surface area contributed by atoms with Gasteiger partial charge >= 0.3 is 19.5 Å². The van der Waals surface area contributed by atoms with Crippen molar-refractivity contribution in [1.29, 1.82) is 0 Å². The molecule has 7 nitrogen and oxygen atoms in total. The molecule has 0 spiro atoms. The van der Waals surface area contributed by atoms with E-state index in [1.165, 1.54) is 0 Å². The number of rotatable bonds is 8. The quantitative estimate of drug-likeness (QED) is 0.351. The molecule has 1 atom stereocenters. The molecule has 0 radical (unpaired) electrons. The lowest BCUT2D eigenvalue weighted by Gasteiger charge is -2.28. The molecule has 22 heavy (non-hydrogen) atoms. The second-order valence-corrected chi connectivity index (χ2v) is 8.98. The van der Waals surface area contributed by atoms with Crippen molar-refractivity contribution in [2.75, 3.05) is 14.2 Å². The molecule has 130 valence electrons. The van der Waals surface area contributed by atoms with E-state index in [9.17, 15) is 14.2 Å². The van der Waals surface area contributed by atoms with Crippen molar-refractivity contribution in [2.24, 2.45) is 0 Å². The molecule has 11 heteroatoms. The van der Waals surface area contributed by atoms with Crippen LogP contribution in [0.15, 0.2) is 0 Å². The standard InChI is InChI=1S/C11H18Cl3O7P/c1-7(2)20-8(15)5-6-9(16)21-10(11(12,13)14)22(17,18-3)19-4/h7,10H,5-6H2,1-4H3. The average molecular weight is 400 g/mol. The molecule has 0 heterocycles. The van der Waals surface area contributed by atoms with Crippen LogP contribution >= 0.6 is 42.4 Å². The van der Waals surface area contributed by atoms with Crippen molar-refractivity contribution in [1.82, 2.24) is 0 Å². The van der Waals surface area contributed by atoms with Crippen LogP contribution in [0.25, 0.3) is 0 Å². The molecule has 0 bridgehead atoms. The van der Waals surface area contributed by atoms with E-state index < -0.39 is 29.2 Å². The summed E-state index contributed by atoms with van der Waals surface area (Å²) in [6.45, 7) is 3.34. The maximum Gasteiger partial charge on any atom is 0.374 e. The van der Waals surface area contributed by atoms with Crippen LogP contribution in [0.3, 0.4) is 0 Å². The fourth-order valence-electron chi connectivity index (χ4n) is 1.29. The average Bonchev–Trinajstić information content (AvgIpc) is 2.39. The predicted molar refractivity (Wildman–Crippen MR) is 82.3 cm³/mol. The van der Waals surface area contributed by atoms with E-state index in [1.807, 2.05) is 0 Å². The Hall–Kier alpha value is -0.0400. The van der Waals surface area contributed by atoms with Crippen LogP contribution in [0, 0.1) is 0 Å². The number of hydrogen-bond donors (Lipinski definition) is 0. The van der Waals surface area contributed by atoms with Gasteiger partial charge in [-0.1, -0.05) is 34.8 Å². The number of ether oxygens (including phenoxy) is 2. The van der Waals surface area contributed by atoms with Gasteiger partial charge in [0.2, 0.25) is 9.64 Å². The van der Waals surface area contributed by atoms with Gasteiger partial charge in [0.05, 0.1) is 18.9 Å². The van der Waals surface area contributed by atoms with E-state index in [0.717, 1.165) is 14.2 Å². The van der Waals surface area contributed by atoms with Crippen LogP contribution in [-0.4, -0.2) is 41.9 Å². The predicted octanol–water partition coefficient (Wildman–Crippen LogP) is 3.44. The third-order valence-electron chi connectivity index (χ3n) is 2.22. The van der Waals surface area contributed by atoms with Gasteiger partial charge in [-0.2, -0.15) is 0 Å². The zero-order chi connectivity index (χ0) is 17.6. The fraction of sp³-hybridized carbons (Fsp3) is 0.818. The van der Waals surface area contributed by atoms with Crippen molar-refractivity contribution in [3.8, 4) is 0 Å². The second kappa shape index (κ2) is 9.30. The zero-order valence-corrected chi connectivity index (χ0v) is 15.7. The van der Waals surface area contributed by atoms with Gasteiger partial charge < -0.3 is 18.5 Å². The molecular formula is C11H18Cl3O7P. The fourth-order valence-corrected chi connectivity index (χ4v) is 3.63. The van der Waals surface area contributed by atoms with E-state index in [2.05, 4.69) is 9.05 Å². The minimum atomic E-state index is -3.99. The Morgan fingerprint density at radius 1 is 1.00 bits per heavy atom. The Kier molecular flexibility index (Phi) is 9.29. The number of hydrogen-bond acceptors (Lipinski definition) is 7. The molecule has 0 amide bonds. The van der Waals surface area contributed by atoms with Crippen LogP contribution in [0.5, 0.6) is 0 Å². The van der Waals surface area contributed by atoms with Crippen LogP contribution < -0.4 is 0 Å². The molecular weight excluding hydrogens is 381 g/mol. The molecule has 0 aromatic carbocycles. The lowest BCUT2D eigenvalue weighted by molar-refractivity contribution is -0.153. The van der Waals surface area contributed by atoms with E-state index in [0.29, 0.717) is 0 Å².